The van der Waals surface area contributed by atoms with Gasteiger partial charge in [-0.1, -0.05) is 6.92 Å². The third-order valence-electron chi connectivity index (χ3n) is 4.93. The molecule has 2 heterocycles. The van der Waals surface area contributed by atoms with Crippen LogP contribution in [0.1, 0.15) is 43.1 Å². The molecule has 124 valence electrons. The summed E-state index contributed by atoms with van der Waals surface area (Å²) in [5, 5.41) is 7.58. The van der Waals surface area contributed by atoms with Crippen LogP contribution in [-0.4, -0.2) is 46.8 Å². The van der Waals surface area contributed by atoms with Gasteiger partial charge in [0.1, 0.15) is 0 Å². The van der Waals surface area contributed by atoms with Crippen LogP contribution in [0.4, 0.5) is 0 Å². The van der Waals surface area contributed by atoms with E-state index in [-0.39, 0.29) is 5.91 Å². The molecule has 1 amide bonds. The van der Waals surface area contributed by atoms with Gasteiger partial charge in [-0.15, -0.1) is 0 Å². The molecule has 1 saturated heterocycles. The maximum absolute atomic E-state index is 12.0. The van der Waals surface area contributed by atoms with E-state index in [1.54, 1.807) is 0 Å². The minimum atomic E-state index is 0.138. The van der Waals surface area contributed by atoms with Gasteiger partial charge >= 0.3 is 0 Å². The smallest absolute Gasteiger partial charge is 0.221 e. The molecule has 1 aromatic heterocycles. The molecule has 2 rings (SSSR count). The number of nitrogens with one attached hydrogen (secondary N) is 1. The van der Waals surface area contributed by atoms with E-state index in [1.807, 2.05) is 11.6 Å². The number of nitrogens with zero attached hydrogens (tertiary/aromatic N) is 3. The van der Waals surface area contributed by atoms with Crippen LogP contribution in [0.2, 0.25) is 0 Å². The number of aryl methyl sites for hydroxylation is 2. The molecule has 1 atom stereocenters. The van der Waals surface area contributed by atoms with Gasteiger partial charge in [0.15, 0.2) is 0 Å². The summed E-state index contributed by atoms with van der Waals surface area (Å²) >= 11 is 0. The first-order valence-corrected chi connectivity index (χ1v) is 8.51. The van der Waals surface area contributed by atoms with Gasteiger partial charge in [-0.2, -0.15) is 5.10 Å². The fourth-order valence-electron chi connectivity index (χ4n) is 3.16. The molecule has 1 fully saturated rings. The SMILES string of the molecule is CCN1CCC[C@@H](CNC(=O)CCn2nc(C)c(C)c2C)C1. The lowest BCUT2D eigenvalue weighted by Crippen LogP contribution is -2.40. The molecule has 1 aliphatic rings. The molecule has 5 heteroatoms. The molecule has 0 bridgehead atoms. The van der Waals surface area contributed by atoms with Crippen molar-refractivity contribution in [2.45, 2.75) is 53.5 Å². The summed E-state index contributed by atoms with van der Waals surface area (Å²) < 4.78 is 1.95. The number of amides is 1. The Balaban J connectivity index is 1.73. The highest BCUT2D eigenvalue weighted by atomic mass is 16.1. The maximum atomic E-state index is 12.0. The van der Waals surface area contributed by atoms with Gasteiger partial charge in [0.05, 0.1) is 5.69 Å². The van der Waals surface area contributed by atoms with Crippen LogP contribution in [-0.2, 0) is 11.3 Å². The highest BCUT2D eigenvalue weighted by molar-refractivity contribution is 5.75. The predicted octanol–water partition coefficient (Wildman–Crippen LogP) is 2.05. The number of piperidine rings is 1. The van der Waals surface area contributed by atoms with E-state index in [2.05, 4.69) is 36.1 Å². The molecule has 5 nitrogen and oxygen atoms in total. The normalized spacial score (nSPS) is 19.4. The van der Waals surface area contributed by atoms with E-state index < -0.39 is 0 Å². The summed E-state index contributed by atoms with van der Waals surface area (Å²) in [4.78, 5) is 14.5. The van der Waals surface area contributed by atoms with Crippen molar-refractivity contribution in [2.75, 3.05) is 26.2 Å². The van der Waals surface area contributed by atoms with Crippen molar-refractivity contribution in [3.63, 3.8) is 0 Å². The Morgan fingerprint density at radius 1 is 1.36 bits per heavy atom. The summed E-state index contributed by atoms with van der Waals surface area (Å²) in [5.74, 6) is 0.743. The van der Waals surface area contributed by atoms with Crippen LogP contribution in [0.3, 0.4) is 0 Å². The number of carbonyl (C=O) groups excluding carboxylic acids is 1. The first kappa shape index (κ1) is 17.0. The van der Waals surface area contributed by atoms with Gasteiger partial charge in [0.2, 0.25) is 5.91 Å². The average Bonchev–Trinajstić information content (AvgIpc) is 2.78. The molecule has 0 aromatic carbocycles. The minimum Gasteiger partial charge on any atom is -0.356 e. The molecule has 1 aliphatic heterocycles. The van der Waals surface area contributed by atoms with Crippen LogP contribution in [0, 0.1) is 26.7 Å². The van der Waals surface area contributed by atoms with Crippen LogP contribution >= 0.6 is 0 Å². The number of hydrogen-bond acceptors (Lipinski definition) is 3. The average molecular weight is 306 g/mol. The summed E-state index contributed by atoms with van der Waals surface area (Å²) in [7, 11) is 0. The van der Waals surface area contributed by atoms with Crippen molar-refractivity contribution in [1.29, 1.82) is 0 Å². The first-order chi connectivity index (χ1) is 10.5. The van der Waals surface area contributed by atoms with Crippen molar-refractivity contribution in [2.24, 2.45) is 5.92 Å². The number of likely N-dealkylation sites (tertiary alicyclic amines) is 1. The summed E-state index contributed by atoms with van der Waals surface area (Å²) in [6.45, 7) is 13.3. The summed E-state index contributed by atoms with van der Waals surface area (Å²) in [5.41, 5.74) is 3.44. The number of aromatic nitrogens is 2. The zero-order valence-corrected chi connectivity index (χ0v) is 14.5. The minimum absolute atomic E-state index is 0.138. The highest BCUT2D eigenvalue weighted by Gasteiger charge is 2.19. The maximum Gasteiger partial charge on any atom is 0.221 e. The van der Waals surface area contributed by atoms with Gasteiger partial charge in [-0.25, -0.2) is 0 Å². The fraction of sp³-hybridized carbons (Fsp3) is 0.765. The fourth-order valence-corrected chi connectivity index (χ4v) is 3.16. The third-order valence-corrected chi connectivity index (χ3v) is 4.93. The summed E-state index contributed by atoms with van der Waals surface area (Å²) in [6, 6.07) is 0. The lowest BCUT2D eigenvalue weighted by molar-refractivity contribution is -0.121. The quantitative estimate of drug-likeness (QED) is 0.875. The van der Waals surface area contributed by atoms with Crippen LogP contribution in [0.25, 0.3) is 0 Å². The second-order valence-electron chi connectivity index (χ2n) is 6.47. The molecule has 1 N–H and O–H groups in total. The Kier molecular flexibility index (Phi) is 6.00. The van der Waals surface area contributed by atoms with Crippen molar-refractivity contribution in [3.05, 3.63) is 17.0 Å². The molecule has 0 spiro atoms. The van der Waals surface area contributed by atoms with Crippen molar-refractivity contribution < 1.29 is 4.79 Å². The molecule has 22 heavy (non-hydrogen) atoms. The van der Waals surface area contributed by atoms with Crippen LogP contribution < -0.4 is 5.32 Å². The second kappa shape index (κ2) is 7.77. The van der Waals surface area contributed by atoms with Crippen LogP contribution in [0.15, 0.2) is 0 Å². The molecular weight excluding hydrogens is 276 g/mol. The second-order valence-corrected chi connectivity index (χ2v) is 6.47. The standard InChI is InChI=1S/C17H30N4O/c1-5-20-9-6-7-16(12-20)11-18-17(22)8-10-21-15(4)13(2)14(3)19-21/h16H,5-12H2,1-4H3,(H,18,22)/t16-/m0/s1. The monoisotopic (exact) mass is 306 g/mol. The van der Waals surface area contributed by atoms with Gasteiger partial charge in [-0.3, -0.25) is 9.48 Å². The largest absolute Gasteiger partial charge is 0.356 e. The van der Waals surface area contributed by atoms with E-state index in [0.29, 0.717) is 18.9 Å². The van der Waals surface area contributed by atoms with E-state index in [9.17, 15) is 4.79 Å². The zero-order valence-electron chi connectivity index (χ0n) is 14.5. The molecule has 0 aliphatic carbocycles. The van der Waals surface area contributed by atoms with E-state index in [1.165, 1.54) is 24.9 Å². The van der Waals surface area contributed by atoms with Crippen molar-refractivity contribution >= 4 is 5.91 Å². The Morgan fingerprint density at radius 2 is 2.14 bits per heavy atom. The van der Waals surface area contributed by atoms with Crippen LogP contribution in [0.5, 0.6) is 0 Å². The van der Waals surface area contributed by atoms with Gasteiger partial charge < -0.3 is 10.2 Å². The van der Waals surface area contributed by atoms with Crippen molar-refractivity contribution in [3.8, 4) is 0 Å². The highest BCUT2D eigenvalue weighted by Crippen LogP contribution is 2.15. The predicted molar refractivity (Wildman–Crippen MR) is 88.9 cm³/mol. The molecule has 0 radical (unpaired) electrons. The first-order valence-electron chi connectivity index (χ1n) is 8.51. The van der Waals surface area contributed by atoms with E-state index in [4.69, 9.17) is 0 Å². The molecule has 0 saturated carbocycles. The Morgan fingerprint density at radius 3 is 2.77 bits per heavy atom. The van der Waals surface area contributed by atoms with Crippen molar-refractivity contribution in [1.82, 2.24) is 20.0 Å². The summed E-state index contributed by atoms with van der Waals surface area (Å²) in [6.07, 6.45) is 2.98. The Bertz CT molecular complexity index is 509. The Hall–Kier alpha value is -1.36. The number of hydrogen-bond donors (Lipinski definition) is 1. The number of carbonyl (C=O) groups is 1. The van der Waals surface area contributed by atoms with E-state index >= 15 is 0 Å². The van der Waals surface area contributed by atoms with Gasteiger partial charge in [0.25, 0.3) is 0 Å². The topological polar surface area (TPSA) is 50.2 Å². The molecular formula is C17H30N4O. The Labute approximate surface area is 134 Å². The zero-order chi connectivity index (χ0) is 16.1. The lowest BCUT2D eigenvalue weighted by atomic mass is 9.98. The third kappa shape index (κ3) is 4.32. The van der Waals surface area contributed by atoms with Gasteiger partial charge in [-0.05, 0) is 58.2 Å². The molecule has 0 unspecified atom stereocenters. The number of rotatable bonds is 6. The molecule has 1 aromatic rings. The van der Waals surface area contributed by atoms with E-state index in [0.717, 1.165) is 31.0 Å². The van der Waals surface area contributed by atoms with Gasteiger partial charge in [0, 0.05) is 31.7 Å². The lowest BCUT2D eigenvalue weighted by Gasteiger charge is -2.31.